The molecule has 2 aromatic rings. The first-order valence-corrected chi connectivity index (χ1v) is 9.52. The van der Waals surface area contributed by atoms with Crippen LogP contribution in [0.25, 0.3) is 0 Å². The third-order valence-corrected chi connectivity index (χ3v) is 4.87. The molecule has 0 saturated carbocycles. The molecule has 0 unspecified atom stereocenters. The van der Waals surface area contributed by atoms with Crippen LogP contribution in [0.4, 0.5) is 10.1 Å². The molecule has 2 aromatic carbocycles. The maximum absolute atomic E-state index is 13.0. The molecule has 2 N–H and O–H groups in total. The lowest BCUT2D eigenvalue weighted by Gasteiger charge is -2.08. The molecule has 27 heavy (non-hydrogen) atoms. The standard InChI is InChI=1S/C18H19FN2O5S/c1-13(22)21-16-5-7-17(8-6-16)27(24,25)20-10-9-18(23)26-12-14-3-2-4-15(19)11-14/h2-8,11,20H,9-10,12H2,1H3,(H,21,22). The second-order valence-electron chi connectivity index (χ2n) is 5.64. The van der Waals surface area contributed by atoms with Crippen molar-refractivity contribution in [3.63, 3.8) is 0 Å². The van der Waals surface area contributed by atoms with E-state index in [-0.39, 0.29) is 30.4 Å². The Morgan fingerprint density at radius 2 is 1.81 bits per heavy atom. The zero-order chi connectivity index (χ0) is 19.9. The van der Waals surface area contributed by atoms with Crippen LogP contribution in [0.2, 0.25) is 0 Å². The lowest BCUT2D eigenvalue weighted by atomic mass is 10.2. The predicted octanol–water partition coefficient (Wildman–Crippen LogP) is 2.20. The lowest BCUT2D eigenvalue weighted by Crippen LogP contribution is -2.26. The van der Waals surface area contributed by atoms with Gasteiger partial charge >= 0.3 is 5.97 Å². The highest BCUT2D eigenvalue weighted by Crippen LogP contribution is 2.14. The number of rotatable bonds is 8. The third kappa shape index (κ3) is 6.80. The molecule has 7 nitrogen and oxygen atoms in total. The van der Waals surface area contributed by atoms with E-state index >= 15 is 0 Å². The van der Waals surface area contributed by atoms with Gasteiger partial charge in [-0.25, -0.2) is 17.5 Å². The molecule has 144 valence electrons. The molecule has 0 aliphatic rings. The summed E-state index contributed by atoms with van der Waals surface area (Å²) >= 11 is 0. The van der Waals surface area contributed by atoms with Gasteiger partial charge in [0.25, 0.3) is 0 Å². The zero-order valence-electron chi connectivity index (χ0n) is 14.6. The molecule has 0 aromatic heterocycles. The van der Waals surface area contributed by atoms with Crippen LogP contribution in [0.3, 0.4) is 0 Å². The van der Waals surface area contributed by atoms with E-state index in [1.807, 2.05) is 0 Å². The summed E-state index contributed by atoms with van der Waals surface area (Å²) in [6, 6.07) is 11.3. The Kier molecular flexibility index (Phi) is 7.03. The van der Waals surface area contributed by atoms with Crippen LogP contribution in [0.5, 0.6) is 0 Å². The SMILES string of the molecule is CC(=O)Nc1ccc(S(=O)(=O)NCCC(=O)OCc2cccc(F)c2)cc1. The number of sulfonamides is 1. The third-order valence-electron chi connectivity index (χ3n) is 3.40. The summed E-state index contributed by atoms with van der Waals surface area (Å²) in [4.78, 5) is 22.6. The number of ether oxygens (including phenoxy) is 1. The maximum atomic E-state index is 13.0. The highest BCUT2D eigenvalue weighted by molar-refractivity contribution is 7.89. The fourth-order valence-corrected chi connectivity index (χ4v) is 3.19. The highest BCUT2D eigenvalue weighted by atomic mass is 32.2. The van der Waals surface area contributed by atoms with Crippen molar-refractivity contribution in [1.29, 1.82) is 0 Å². The van der Waals surface area contributed by atoms with Crippen LogP contribution in [0.1, 0.15) is 18.9 Å². The number of hydrogen-bond donors (Lipinski definition) is 2. The average Bonchev–Trinajstić information content (AvgIpc) is 2.60. The van der Waals surface area contributed by atoms with Crippen molar-refractivity contribution >= 4 is 27.6 Å². The smallest absolute Gasteiger partial charge is 0.307 e. The van der Waals surface area contributed by atoms with E-state index in [1.54, 1.807) is 6.07 Å². The van der Waals surface area contributed by atoms with Crippen LogP contribution < -0.4 is 10.0 Å². The molecule has 0 heterocycles. The van der Waals surface area contributed by atoms with E-state index in [0.717, 1.165) is 0 Å². The Hall–Kier alpha value is -2.78. The summed E-state index contributed by atoms with van der Waals surface area (Å²) in [7, 11) is -3.79. The van der Waals surface area contributed by atoms with Gasteiger partial charge in [-0.05, 0) is 42.0 Å². The molecular formula is C18H19FN2O5S. The first-order chi connectivity index (χ1) is 12.8. The number of amides is 1. The van der Waals surface area contributed by atoms with E-state index in [9.17, 15) is 22.4 Å². The van der Waals surface area contributed by atoms with Gasteiger partial charge in [-0.2, -0.15) is 0 Å². The number of hydrogen-bond acceptors (Lipinski definition) is 5. The van der Waals surface area contributed by atoms with Crippen LogP contribution in [0, 0.1) is 5.82 Å². The average molecular weight is 394 g/mol. The van der Waals surface area contributed by atoms with Crippen molar-refractivity contribution in [2.45, 2.75) is 24.8 Å². The minimum absolute atomic E-state index is 0.00438. The molecule has 9 heteroatoms. The Morgan fingerprint density at radius 3 is 2.44 bits per heavy atom. The van der Waals surface area contributed by atoms with Gasteiger partial charge in [-0.1, -0.05) is 12.1 Å². The molecule has 0 spiro atoms. The van der Waals surface area contributed by atoms with Gasteiger partial charge in [0.05, 0.1) is 11.3 Å². The van der Waals surface area contributed by atoms with Crippen LogP contribution in [-0.2, 0) is 31.0 Å². The predicted molar refractivity (Wildman–Crippen MR) is 96.7 cm³/mol. The molecule has 0 radical (unpaired) electrons. The second kappa shape index (κ2) is 9.24. The van der Waals surface area contributed by atoms with Gasteiger partial charge in [-0.3, -0.25) is 9.59 Å². The number of carbonyl (C=O) groups excluding carboxylic acids is 2. The van der Waals surface area contributed by atoms with Crippen LogP contribution in [-0.4, -0.2) is 26.8 Å². The summed E-state index contributed by atoms with van der Waals surface area (Å²) in [6.45, 7) is 1.12. The number of anilines is 1. The number of nitrogens with one attached hydrogen (secondary N) is 2. The Balaban J connectivity index is 1.80. The Morgan fingerprint density at radius 1 is 1.11 bits per heavy atom. The molecule has 0 atom stereocenters. The summed E-state index contributed by atoms with van der Waals surface area (Å²) in [6.07, 6.45) is -0.168. The van der Waals surface area contributed by atoms with E-state index in [1.165, 1.54) is 49.4 Å². The van der Waals surface area contributed by atoms with Crippen molar-refractivity contribution in [2.75, 3.05) is 11.9 Å². The number of esters is 1. The fourth-order valence-electron chi connectivity index (χ4n) is 2.15. The first-order valence-electron chi connectivity index (χ1n) is 8.04. The summed E-state index contributed by atoms with van der Waals surface area (Å²) in [5.74, 6) is -1.30. The number of benzene rings is 2. The molecule has 0 saturated heterocycles. The van der Waals surface area contributed by atoms with Crippen molar-refractivity contribution in [3.05, 3.63) is 59.9 Å². The molecule has 1 amide bonds. The first kappa shape index (κ1) is 20.5. The maximum Gasteiger partial charge on any atom is 0.307 e. The topological polar surface area (TPSA) is 102 Å². The van der Waals surface area contributed by atoms with Crippen molar-refractivity contribution < 1.29 is 27.1 Å². The summed E-state index contributed by atoms with van der Waals surface area (Å²) < 4.78 is 44.7. The summed E-state index contributed by atoms with van der Waals surface area (Å²) in [5.41, 5.74) is 0.977. The monoisotopic (exact) mass is 394 g/mol. The quantitative estimate of drug-likeness (QED) is 0.669. The summed E-state index contributed by atoms with van der Waals surface area (Å²) in [5, 5.41) is 2.53. The Bertz CT molecular complexity index is 914. The molecular weight excluding hydrogens is 375 g/mol. The van der Waals surface area contributed by atoms with Gasteiger partial charge in [-0.15, -0.1) is 0 Å². The highest BCUT2D eigenvalue weighted by Gasteiger charge is 2.14. The minimum Gasteiger partial charge on any atom is -0.461 e. The number of carbonyl (C=O) groups is 2. The van der Waals surface area contributed by atoms with Gasteiger partial charge in [0, 0.05) is 19.2 Å². The molecule has 0 aliphatic carbocycles. The van der Waals surface area contributed by atoms with Gasteiger partial charge in [0.1, 0.15) is 12.4 Å². The molecule has 0 bridgehead atoms. The van der Waals surface area contributed by atoms with Crippen molar-refractivity contribution in [1.82, 2.24) is 4.72 Å². The molecule has 2 rings (SSSR count). The van der Waals surface area contributed by atoms with Crippen LogP contribution >= 0.6 is 0 Å². The van der Waals surface area contributed by atoms with Crippen molar-refractivity contribution in [3.8, 4) is 0 Å². The van der Waals surface area contributed by atoms with Gasteiger partial charge in [0.2, 0.25) is 15.9 Å². The largest absolute Gasteiger partial charge is 0.461 e. The van der Waals surface area contributed by atoms with E-state index in [0.29, 0.717) is 11.3 Å². The van der Waals surface area contributed by atoms with Crippen LogP contribution in [0.15, 0.2) is 53.4 Å². The van der Waals surface area contributed by atoms with E-state index in [4.69, 9.17) is 4.74 Å². The van der Waals surface area contributed by atoms with Gasteiger partial charge in [0.15, 0.2) is 0 Å². The minimum atomic E-state index is -3.79. The van der Waals surface area contributed by atoms with Crippen molar-refractivity contribution in [2.24, 2.45) is 0 Å². The van der Waals surface area contributed by atoms with E-state index in [2.05, 4.69) is 10.0 Å². The second-order valence-corrected chi connectivity index (χ2v) is 7.41. The zero-order valence-corrected chi connectivity index (χ0v) is 15.4. The van der Waals surface area contributed by atoms with E-state index < -0.39 is 21.8 Å². The molecule has 0 fully saturated rings. The molecule has 0 aliphatic heterocycles. The normalized spacial score (nSPS) is 11.0. The Labute approximate surface area is 156 Å². The number of halogens is 1. The fraction of sp³-hybridized carbons (Fsp3) is 0.222. The lowest BCUT2D eigenvalue weighted by molar-refractivity contribution is -0.144. The van der Waals surface area contributed by atoms with Gasteiger partial charge < -0.3 is 10.1 Å².